The number of rotatable bonds is 2. The molecule has 0 fully saturated rings. The smallest absolute Gasteiger partial charge is 0.175 e. The molecule has 1 heterocycles. The van der Waals surface area contributed by atoms with Gasteiger partial charge in [0, 0.05) is 12.1 Å². The van der Waals surface area contributed by atoms with E-state index >= 15 is 0 Å². The summed E-state index contributed by atoms with van der Waals surface area (Å²) in [6, 6.07) is 6.92. The Morgan fingerprint density at radius 1 is 1.36 bits per heavy atom. The fourth-order valence-electron chi connectivity index (χ4n) is 1.29. The van der Waals surface area contributed by atoms with Crippen LogP contribution in [-0.2, 0) is 6.54 Å². The third kappa shape index (κ3) is 1.36. The second kappa shape index (κ2) is 3.51. The van der Waals surface area contributed by atoms with E-state index < -0.39 is 0 Å². The Bertz CT molecular complexity index is 437. The second-order valence-electron chi connectivity index (χ2n) is 2.90. The lowest BCUT2D eigenvalue weighted by molar-refractivity contribution is 0.425. The Labute approximate surface area is 81.0 Å². The molecular weight excluding hydrogens is 180 g/mol. The lowest BCUT2D eigenvalue weighted by Gasteiger charge is -2.00. The molecule has 0 spiro atoms. The van der Waals surface area contributed by atoms with Gasteiger partial charge in [-0.1, -0.05) is 17.3 Å². The summed E-state index contributed by atoms with van der Waals surface area (Å²) in [5.74, 6) is 0.699. The van der Waals surface area contributed by atoms with E-state index in [-0.39, 0.29) is 5.75 Å². The van der Waals surface area contributed by atoms with Crippen LogP contribution in [-0.4, -0.2) is 10.3 Å². The maximum atomic E-state index is 9.57. The van der Waals surface area contributed by atoms with Gasteiger partial charge in [0.05, 0.1) is 11.8 Å². The summed E-state index contributed by atoms with van der Waals surface area (Å²) in [6.07, 6.45) is 1.56. The van der Waals surface area contributed by atoms with Gasteiger partial charge in [0.15, 0.2) is 5.76 Å². The van der Waals surface area contributed by atoms with Crippen LogP contribution in [0, 0.1) is 0 Å². The number of aromatic hydroxyl groups is 1. The van der Waals surface area contributed by atoms with Crippen molar-refractivity contribution in [3.05, 3.63) is 36.0 Å². The standard InChI is InChI=1S/C10H10N2O2/c11-5-7-6-12-14-10(7)8-3-1-2-4-9(8)13/h1-4,6,13H,5,11H2. The summed E-state index contributed by atoms with van der Waals surface area (Å²) < 4.78 is 5.03. The SMILES string of the molecule is NCc1cnoc1-c1ccccc1O. The first-order valence-corrected chi connectivity index (χ1v) is 4.25. The Hall–Kier alpha value is -1.81. The molecular formula is C10H10N2O2. The lowest BCUT2D eigenvalue weighted by Crippen LogP contribution is -1.95. The van der Waals surface area contributed by atoms with E-state index in [0.717, 1.165) is 5.56 Å². The molecule has 0 aliphatic carbocycles. The number of para-hydroxylation sites is 1. The monoisotopic (exact) mass is 190 g/mol. The van der Waals surface area contributed by atoms with Crippen molar-refractivity contribution in [3.8, 4) is 17.1 Å². The van der Waals surface area contributed by atoms with Crippen LogP contribution < -0.4 is 5.73 Å². The van der Waals surface area contributed by atoms with Crippen molar-refractivity contribution < 1.29 is 9.63 Å². The molecule has 0 saturated carbocycles. The summed E-state index contributed by atoms with van der Waals surface area (Å²) in [6.45, 7) is 0.340. The number of phenolic OH excluding ortho intramolecular Hbond substituents is 1. The highest BCUT2D eigenvalue weighted by molar-refractivity contribution is 5.67. The molecule has 2 aromatic rings. The molecule has 0 saturated heterocycles. The first kappa shape index (κ1) is 8.77. The van der Waals surface area contributed by atoms with Gasteiger partial charge in [-0.05, 0) is 12.1 Å². The van der Waals surface area contributed by atoms with Crippen molar-refractivity contribution in [2.24, 2.45) is 5.73 Å². The zero-order valence-corrected chi connectivity index (χ0v) is 7.47. The predicted molar refractivity (Wildman–Crippen MR) is 51.5 cm³/mol. The Morgan fingerprint density at radius 2 is 2.14 bits per heavy atom. The molecule has 4 nitrogen and oxygen atoms in total. The molecule has 0 atom stereocenters. The van der Waals surface area contributed by atoms with E-state index in [0.29, 0.717) is 17.9 Å². The molecule has 1 aromatic carbocycles. The van der Waals surface area contributed by atoms with Gasteiger partial charge < -0.3 is 15.4 Å². The van der Waals surface area contributed by atoms with Crippen molar-refractivity contribution in [1.29, 1.82) is 0 Å². The van der Waals surface area contributed by atoms with Crippen LogP contribution in [0.3, 0.4) is 0 Å². The van der Waals surface area contributed by atoms with Crippen molar-refractivity contribution in [2.45, 2.75) is 6.54 Å². The number of hydrogen-bond acceptors (Lipinski definition) is 4. The van der Waals surface area contributed by atoms with Gasteiger partial charge in [-0.2, -0.15) is 0 Å². The van der Waals surface area contributed by atoms with Crippen LogP contribution >= 0.6 is 0 Å². The highest BCUT2D eigenvalue weighted by atomic mass is 16.5. The zero-order chi connectivity index (χ0) is 9.97. The van der Waals surface area contributed by atoms with E-state index in [2.05, 4.69) is 5.16 Å². The predicted octanol–water partition coefficient (Wildman–Crippen LogP) is 1.51. The molecule has 0 unspecified atom stereocenters. The van der Waals surface area contributed by atoms with Gasteiger partial charge in [-0.15, -0.1) is 0 Å². The van der Waals surface area contributed by atoms with Crippen LogP contribution in [0.5, 0.6) is 5.75 Å². The minimum atomic E-state index is 0.166. The Kier molecular flexibility index (Phi) is 2.20. The van der Waals surface area contributed by atoms with Crippen molar-refractivity contribution in [3.63, 3.8) is 0 Å². The number of aromatic nitrogens is 1. The van der Waals surface area contributed by atoms with E-state index in [1.807, 2.05) is 6.07 Å². The number of hydrogen-bond donors (Lipinski definition) is 2. The van der Waals surface area contributed by atoms with Crippen molar-refractivity contribution >= 4 is 0 Å². The third-order valence-corrected chi connectivity index (χ3v) is 2.01. The summed E-state index contributed by atoms with van der Waals surface area (Å²) in [5.41, 5.74) is 6.90. The van der Waals surface area contributed by atoms with Gasteiger partial charge in [0.2, 0.25) is 0 Å². The fourth-order valence-corrected chi connectivity index (χ4v) is 1.29. The first-order valence-electron chi connectivity index (χ1n) is 4.25. The highest BCUT2D eigenvalue weighted by Crippen LogP contribution is 2.30. The van der Waals surface area contributed by atoms with E-state index in [1.165, 1.54) is 0 Å². The van der Waals surface area contributed by atoms with Crippen molar-refractivity contribution in [1.82, 2.24) is 5.16 Å². The molecule has 0 aliphatic rings. The molecule has 2 rings (SSSR count). The Balaban J connectivity index is 2.54. The summed E-state index contributed by atoms with van der Waals surface area (Å²) in [7, 11) is 0. The average molecular weight is 190 g/mol. The third-order valence-electron chi connectivity index (χ3n) is 2.01. The number of nitrogens with two attached hydrogens (primary N) is 1. The topological polar surface area (TPSA) is 72.3 Å². The minimum Gasteiger partial charge on any atom is -0.507 e. The van der Waals surface area contributed by atoms with E-state index in [1.54, 1.807) is 24.4 Å². The molecule has 0 amide bonds. The van der Waals surface area contributed by atoms with E-state index in [4.69, 9.17) is 10.3 Å². The van der Waals surface area contributed by atoms with Crippen LogP contribution in [0.15, 0.2) is 35.0 Å². The minimum absolute atomic E-state index is 0.166. The van der Waals surface area contributed by atoms with E-state index in [9.17, 15) is 5.11 Å². The van der Waals surface area contributed by atoms with Gasteiger partial charge in [0.25, 0.3) is 0 Å². The van der Waals surface area contributed by atoms with Gasteiger partial charge in [-0.3, -0.25) is 0 Å². The van der Waals surface area contributed by atoms with Crippen LogP contribution in [0.4, 0.5) is 0 Å². The molecule has 3 N–H and O–H groups in total. The largest absolute Gasteiger partial charge is 0.507 e. The molecule has 1 aromatic heterocycles. The maximum absolute atomic E-state index is 9.57. The van der Waals surface area contributed by atoms with Crippen LogP contribution in [0.1, 0.15) is 5.56 Å². The maximum Gasteiger partial charge on any atom is 0.175 e. The molecule has 0 bridgehead atoms. The summed E-state index contributed by atoms with van der Waals surface area (Å²) in [5, 5.41) is 13.2. The normalized spacial score (nSPS) is 10.4. The number of phenols is 1. The quantitative estimate of drug-likeness (QED) is 0.752. The average Bonchev–Trinajstić information content (AvgIpc) is 2.66. The zero-order valence-electron chi connectivity index (χ0n) is 7.47. The summed E-state index contributed by atoms with van der Waals surface area (Å²) in [4.78, 5) is 0. The number of benzene rings is 1. The number of nitrogens with zero attached hydrogens (tertiary/aromatic N) is 1. The lowest BCUT2D eigenvalue weighted by atomic mass is 10.1. The molecule has 0 aliphatic heterocycles. The first-order chi connectivity index (χ1) is 6.83. The van der Waals surface area contributed by atoms with Gasteiger partial charge >= 0.3 is 0 Å². The van der Waals surface area contributed by atoms with Crippen LogP contribution in [0.2, 0.25) is 0 Å². The van der Waals surface area contributed by atoms with Gasteiger partial charge in [-0.25, -0.2) is 0 Å². The Morgan fingerprint density at radius 3 is 2.86 bits per heavy atom. The molecule has 72 valence electrons. The fraction of sp³-hybridized carbons (Fsp3) is 0.100. The molecule has 0 radical (unpaired) electrons. The highest BCUT2D eigenvalue weighted by Gasteiger charge is 2.12. The van der Waals surface area contributed by atoms with Gasteiger partial charge in [0.1, 0.15) is 5.75 Å². The molecule has 4 heteroatoms. The summed E-state index contributed by atoms with van der Waals surface area (Å²) >= 11 is 0. The van der Waals surface area contributed by atoms with Crippen LogP contribution in [0.25, 0.3) is 11.3 Å². The second-order valence-corrected chi connectivity index (χ2v) is 2.90. The molecule has 14 heavy (non-hydrogen) atoms. The van der Waals surface area contributed by atoms with Crippen molar-refractivity contribution in [2.75, 3.05) is 0 Å².